The van der Waals surface area contributed by atoms with E-state index in [-0.39, 0.29) is 11.8 Å². The number of rotatable bonds is 23. The predicted octanol–water partition coefficient (Wildman–Crippen LogP) is 7.40. The van der Waals surface area contributed by atoms with E-state index < -0.39 is 0 Å². The van der Waals surface area contributed by atoms with E-state index in [0.29, 0.717) is 24.2 Å². The first-order valence-electron chi connectivity index (χ1n) is 16.6. The Hall–Kier alpha value is -2.70. The minimum Gasteiger partial charge on any atom is -0.352 e. The van der Waals surface area contributed by atoms with E-state index in [0.717, 1.165) is 50.1 Å². The first kappa shape index (κ1) is 35.5. The summed E-state index contributed by atoms with van der Waals surface area (Å²) >= 11 is 0. The van der Waals surface area contributed by atoms with Crippen LogP contribution in [0.4, 0.5) is 0 Å². The van der Waals surface area contributed by atoms with Crippen LogP contribution in [0.1, 0.15) is 112 Å². The van der Waals surface area contributed by atoms with Crippen LogP contribution in [-0.2, 0) is 0 Å². The van der Waals surface area contributed by atoms with Crippen LogP contribution in [-0.4, -0.2) is 75.0 Å². The van der Waals surface area contributed by atoms with Crippen LogP contribution in [0.5, 0.6) is 0 Å². The lowest BCUT2D eigenvalue weighted by Crippen LogP contribution is -2.28. The van der Waals surface area contributed by atoms with Crippen LogP contribution in [0, 0.1) is 0 Å². The Labute approximate surface area is 256 Å². The third kappa shape index (κ3) is 15.0. The molecule has 0 heterocycles. The van der Waals surface area contributed by atoms with Crippen LogP contribution in [0.25, 0.3) is 11.1 Å². The van der Waals surface area contributed by atoms with E-state index >= 15 is 0 Å². The molecule has 2 aromatic rings. The van der Waals surface area contributed by atoms with Gasteiger partial charge in [0, 0.05) is 24.2 Å². The maximum atomic E-state index is 12.6. The van der Waals surface area contributed by atoms with Gasteiger partial charge in [0.05, 0.1) is 0 Å². The van der Waals surface area contributed by atoms with Crippen LogP contribution in [0.3, 0.4) is 0 Å². The number of carbonyl (C=O) groups excluding carboxylic acids is 2. The predicted molar refractivity (Wildman–Crippen MR) is 178 cm³/mol. The summed E-state index contributed by atoms with van der Waals surface area (Å²) in [6.45, 7) is 10.1. The van der Waals surface area contributed by atoms with E-state index in [1.54, 1.807) is 0 Å². The van der Waals surface area contributed by atoms with Gasteiger partial charge in [-0.05, 0) is 101 Å². The van der Waals surface area contributed by atoms with Crippen LogP contribution >= 0.6 is 0 Å². The standard InChI is InChI=1S/C36H58N4O2/c1-5-7-9-11-13-27-39(3)29-15-25-37-35(41)33-21-17-31(18-22-33)32-19-23-34(24-20-32)36(42)38-26-16-30-40(4)28-14-12-10-8-6-2/h17-24H,5-16,25-30H2,1-4H3,(H,37,41)(H,38,42). The second kappa shape index (κ2) is 21.9. The number of unbranched alkanes of at least 4 members (excludes halogenated alkanes) is 8. The molecule has 0 unspecified atom stereocenters. The lowest BCUT2D eigenvalue weighted by molar-refractivity contribution is 0.0944. The summed E-state index contributed by atoms with van der Waals surface area (Å²) in [5.41, 5.74) is 3.39. The molecular weight excluding hydrogens is 520 g/mol. The van der Waals surface area contributed by atoms with Crippen molar-refractivity contribution in [3.63, 3.8) is 0 Å². The third-order valence-corrected chi connectivity index (χ3v) is 7.92. The van der Waals surface area contributed by atoms with Gasteiger partial charge in [0.2, 0.25) is 0 Å². The molecule has 0 radical (unpaired) electrons. The fourth-order valence-corrected chi connectivity index (χ4v) is 5.13. The molecule has 0 fully saturated rings. The molecule has 0 saturated heterocycles. The molecule has 0 atom stereocenters. The molecule has 2 aromatic carbocycles. The second-order valence-electron chi connectivity index (χ2n) is 11.8. The Balaban J connectivity index is 1.66. The Morgan fingerprint density at radius 1 is 0.500 bits per heavy atom. The first-order valence-corrected chi connectivity index (χ1v) is 16.6. The number of benzene rings is 2. The molecule has 0 aliphatic heterocycles. The van der Waals surface area contributed by atoms with Gasteiger partial charge < -0.3 is 20.4 Å². The SMILES string of the molecule is CCCCCCCN(C)CCCNC(=O)c1ccc(-c2ccc(C(=O)NCCCN(C)CCCCCCC)cc2)cc1. The number of nitrogens with zero attached hydrogens (tertiary/aromatic N) is 2. The zero-order chi connectivity index (χ0) is 30.4. The van der Waals surface area contributed by atoms with Gasteiger partial charge >= 0.3 is 0 Å². The molecule has 6 nitrogen and oxygen atoms in total. The molecule has 234 valence electrons. The molecule has 0 aromatic heterocycles. The van der Waals surface area contributed by atoms with Crippen molar-refractivity contribution < 1.29 is 9.59 Å². The molecule has 42 heavy (non-hydrogen) atoms. The van der Waals surface area contributed by atoms with E-state index in [2.05, 4.69) is 48.4 Å². The molecule has 0 spiro atoms. The zero-order valence-electron chi connectivity index (χ0n) is 27.1. The second-order valence-corrected chi connectivity index (χ2v) is 11.8. The van der Waals surface area contributed by atoms with E-state index in [4.69, 9.17) is 0 Å². The smallest absolute Gasteiger partial charge is 0.251 e. The fraction of sp³-hybridized carbons (Fsp3) is 0.611. The molecule has 2 rings (SSSR count). The van der Waals surface area contributed by atoms with Crippen molar-refractivity contribution in [2.24, 2.45) is 0 Å². The molecule has 0 bridgehead atoms. The topological polar surface area (TPSA) is 64.7 Å². The van der Waals surface area contributed by atoms with Crippen LogP contribution in [0.2, 0.25) is 0 Å². The normalized spacial score (nSPS) is 11.3. The van der Waals surface area contributed by atoms with Crippen molar-refractivity contribution in [2.75, 3.05) is 53.4 Å². The molecular formula is C36H58N4O2. The lowest BCUT2D eigenvalue weighted by atomic mass is 10.0. The van der Waals surface area contributed by atoms with Gasteiger partial charge in [-0.1, -0.05) is 89.5 Å². The van der Waals surface area contributed by atoms with Crippen molar-refractivity contribution in [3.8, 4) is 11.1 Å². The Morgan fingerprint density at radius 2 is 0.833 bits per heavy atom. The van der Waals surface area contributed by atoms with Gasteiger partial charge in [-0.3, -0.25) is 9.59 Å². The van der Waals surface area contributed by atoms with Gasteiger partial charge in [-0.2, -0.15) is 0 Å². The average molecular weight is 579 g/mol. The number of hydrogen-bond donors (Lipinski definition) is 2. The Bertz CT molecular complexity index is 909. The van der Waals surface area contributed by atoms with Crippen LogP contribution < -0.4 is 10.6 Å². The summed E-state index contributed by atoms with van der Waals surface area (Å²) in [5.74, 6) is -0.0667. The van der Waals surface area contributed by atoms with Crippen molar-refractivity contribution in [3.05, 3.63) is 59.7 Å². The summed E-state index contributed by atoms with van der Waals surface area (Å²) in [6.07, 6.45) is 14.9. The lowest BCUT2D eigenvalue weighted by Gasteiger charge is -2.16. The summed E-state index contributed by atoms with van der Waals surface area (Å²) in [6, 6.07) is 15.4. The van der Waals surface area contributed by atoms with E-state index in [9.17, 15) is 9.59 Å². The monoisotopic (exact) mass is 578 g/mol. The average Bonchev–Trinajstić information content (AvgIpc) is 3.01. The molecule has 0 aliphatic carbocycles. The largest absolute Gasteiger partial charge is 0.352 e. The fourth-order valence-electron chi connectivity index (χ4n) is 5.13. The highest BCUT2D eigenvalue weighted by molar-refractivity contribution is 5.95. The van der Waals surface area contributed by atoms with Gasteiger partial charge in [-0.15, -0.1) is 0 Å². The minimum atomic E-state index is -0.0334. The molecule has 2 amide bonds. The molecule has 0 saturated carbocycles. The maximum Gasteiger partial charge on any atom is 0.251 e. The number of hydrogen-bond acceptors (Lipinski definition) is 4. The summed E-state index contributed by atoms with van der Waals surface area (Å²) in [5, 5.41) is 6.09. The van der Waals surface area contributed by atoms with Crippen molar-refractivity contribution in [2.45, 2.75) is 90.9 Å². The summed E-state index contributed by atoms with van der Waals surface area (Å²) in [7, 11) is 4.33. The van der Waals surface area contributed by atoms with Gasteiger partial charge in [0.15, 0.2) is 0 Å². The Kier molecular flexibility index (Phi) is 18.5. The summed E-state index contributed by atoms with van der Waals surface area (Å²) < 4.78 is 0. The van der Waals surface area contributed by atoms with Gasteiger partial charge in [0.25, 0.3) is 11.8 Å². The summed E-state index contributed by atoms with van der Waals surface area (Å²) in [4.78, 5) is 29.9. The Morgan fingerprint density at radius 3 is 1.19 bits per heavy atom. The van der Waals surface area contributed by atoms with E-state index in [1.165, 1.54) is 64.2 Å². The van der Waals surface area contributed by atoms with E-state index in [1.807, 2.05) is 48.5 Å². The zero-order valence-corrected chi connectivity index (χ0v) is 27.1. The number of carbonyl (C=O) groups is 2. The first-order chi connectivity index (χ1) is 20.4. The van der Waals surface area contributed by atoms with Gasteiger partial charge in [-0.25, -0.2) is 0 Å². The van der Waals surface area contributed by atoms with Gasteiger partial charge in [0.1, 0.15) is 0 Å². The molecule has 2 N–H and O–H groups in total. The number of amides is 2. The van der Waals surface area contributed by atoms with Crippen molar-refractivity contribution >= 4 is 11.8 Å². The van der Waals surface area contributed by atoms with Crippen molar-refractivity contribution in [1.82, 2.24) is 20.4 Å². The highest BCUT2D eigenvalue weighted by Crippen LogP contribution is 2.20. The quantitative estimate of drug-likeness (QED) is 0.135. The number of nitrogens with one attached hydrogen (secondary N) is 2. The minimum absolute atomic E-state index is 0.0334. The molecule has 6 heteroatoms. The highest BCUT2D eigenvalue weighted by Gasteiger charge is 2.09. The van der Waals surface area contributed by atoms with Crippen molar-refractivity contribution in [1.29, 1.82) is 0 Å². The maximum absolute atomic E-state index is 12.6. The third-order valence-electron chi connectivity index (χ3n) is 7.92. The van der Waals surface area contributed by atoms with Crippen LogP contribution in [0.15, 0.2) is 48.5 Å². The molecule has 0 aliphatic rings. The highest BCUT2D eigenvalue weighted by atomic mass is 16.2.